The van der Waals surface area contributed by atoms with E-state index in [0.29, 0.717) is 16.7 Å². The molecule has 0 unspecified atom stereocenters. The van der Waals surface area contributed by atoms with Crippen LogP contribution in [-0.4, -0.2) is 10.9 Å². The molecule has 3 aromatic rings. The molecular weight excluding hydrogens is 360 g/mol. The minimum Gasteiger partial charge on any atom is -0.348 e. The highest BCUT2D eigenvalue weighted by Gasteiger charge is 2.31. The molecule has 1 N–H and O–H groups in total. The molecule has 0 bridgehead atoms. The molecule has 3 nitrogen and oxygen atoms in total. The van der Waals surface area contributed by atoms with Gasteiger partial charge in [-0.3, -0.25) is 9.78 Å². The number of hydrogen-bond donors (Lipinski definition) is 1. The summed E-state index contributed by atoms with van der Waals surface area (Å²) in [6.45, 7) is 0.0125. The highest BCUT2D eigenvalue weighted by Crippen LogP contribution is 2.34. The highest BCUT2D eigenvalue weighted by molar-refractivity contribution is 5.93. The van der Waals surface area contributed by atoms with Crippen molar-refractivity contribution < 1.29 is 22.4 Å². The lowest BCUT2D eigenvalue weighted by molar-refractivity contribution is -0.137. The lowest BCUT2D eigenvalue weighted by atomic mass is 9.96. The molecule has 27 heavy (non-hydrogen) atoms. The van der Waals surface area contributed by atoms with Gasteiger partial charge in [0.25, 0.3) is 5.91 Å². The summed E-state index contributed by atoms with van der Waals surface area (Å²) >= 11 is 0. The second kappa shape index (κ2) is 7.57. The van der Waals surface area contributed by atoms with E-state index in [1.165, 1.54) is 42.7 Å². The van der Waals surface area contributed by atoms with Gasteiger partial charge >= 0.3 is 6.18 Å². The van der Waals surface area contributed by atoms with Gasteiger partial charge in [-0.1, -0.05) is 18.2 Å². The van der Waals surface area contributed by atoms with E-state index in [2.05, 4.69) is 10.3 Å². The zero-order valence-corrected chi connectivity index (χ0v) is 13.9. The first-order valence-electron chi connectivity index (χ1n) is 7.99. The van der Waals surface area contributed by atoms with E-state index in [4.69, 9.17) is 0 Å². The molecule has 0 radical (unpaired) electrons. The third kappa shape index (κ3) is 4.49. The van der Waals surface area contributed by atoms with Crippen molar-refractivity contribution >= 4 is 5.91 Å². The summed E-state index contributed by atoms with van der Waals surface area (Å²) in [6.07, 6.45) is -1.59. The second-order valence-corrected chi connectivity index (χ2v) is 5.80. The van der Waals surface area contributed by atoms with Crippen LogP contribution in [0.25, 0.3) is 11.1 Å². The number of amides is 1. The molecule has 138 valence electrons. The van der Waals surface area contributed by atoms with Crippen molar-refractivity contribution in [2.45, 2.75) is 12.7 Å². The molecule has 3 rings (SSSR count). The lowest BCUT2D eigenvalue weighted by Gasteiger charge is -2.15. The van der Waals surface area contributed by atoms with Crippen LogP contribution in [0.4, 0.5) is 17.6 Å². The zero-order chi connectivity index (χ0) is 19.4. The molecular formula is C20H14F4N2O. The number of nitrogens with one attached hydrogen (secondary N) is 1. The summed E-state index contributed by atoms with van der Waals surface area (Å²) in [5.74, 6) is -0.884. The average molecular weight is 374 g/mol. The minimum atomic E-state index is -4.51. The summed E-state index contributed by atoms with van der Waals surface area (Å²) in [6, 6.07) is 11.6. The van der Waals surface area contributed by atoms with Gasteiger partial charge in [0, 0.05) is 18.9 Å². The van der Waals surface area contributed by atoms with Gasteiger partial charge in [-0.2, -0.15) is 13.2 Å². The van der Waals surface area contributed by atoms with Crippen LogP contribution in [0.5, 0.6) is 0 Å². The van der Waals surface area contributed by atoms with Crippen LogP contribution in [0.1, 0.15) is 21.5 Å². The number of pyridine rings is 1. The van der Waals surface area contributed by atoms with Crippen molar-refractivity contribution in [2.75, 3.05) is 0 Å². The van der Waals surface area contributed by atoms with Gasteiger partial charge in [0.2, 0.25) is 0 Å². The van der Waals surface area contributed by atoms with Crippen LogP contribution in [0.15, 0.2) is 67.0 Å². The zero-order valence-electron chi connectivity index (χ0n) is 13.9. The van der Waals surface area contributed by atoms with Crippen LogP contribution in [0.3, 0.4) is 0 Å². The van der Waals surface area contributed by atoms with Gasteiger partial charge in [-0.05, 0) is 53.1 Å². The summed E-state index contributed by atoms with van der Waals surface area (Å²) in [4.78, 5) is 16.0. The SMILES string of the molecule is O=C(NCc1ccc(C(F)(F)F)cc1-c1ccc(F)cc1)c1cccnc1. The van der Waals surface area contributed by atoms with Crippen molar-refractivity contribution in [2.24, 2.45) is 0 Å². The first kappa shape index (κ1) is 18.6. The summed E-state index contributed by atoms with van der Waals surface area (Å²) in [5.41, 5.74) is 0.702. The third-order valence-electron chi connectivity index (χ3n) is 3.96. The molecule has 1 aromatic heterocycles. The van der Waals surface area contributed by atoms with Crippen molar-refractivity contribution in [1.82, 2.24) is 10.3 Å². The lowest BCUT2D eigenvalue weighted by Crippen LogP contribution is -2.23. The first-order valence-corrected chi connectivity index (χ1v) is 7.99. The fourth-order valence-electron chi connectivity index (χ4n) is 2.58. The quantitative estimate of drug-likeness (QED) is 0.664. The molecule has 0 aliphatic heterocycles. The predicted octanol–water partition coefficient (Wildman–Crippen LogP) is 4.84. The summed E-state index contributed by atoms with van der Waals surface area (Å²) in [7, 11) is 0. The number of carbonyl (C=O) groups excluding carboxylic acids is 1. The molecule has 2 aromatic carbocycles. The van der Waals surface area contributed by atoms with E-state index in [1.807, 2.05) is 0 Å². The number of nitrogens with zero attached hydrogens (tertiary/aromatic N) is 1. The number of aromatic nitrogens is 1. The first-order chi connectivity index (χ1) is 12.8. The average Bonchev–Trinajstić information content (AvgIpc) is 2.66. The van der Waals surface area contributed by atoms with Gasteiger partial charge < -0.3 is 5.32 Å². The Kier molecular flexibility index (Phi) is 5.21. The molecule has 0 spiro atoms. The number of benzene rings is 2. The van der Waals surface area contributed by atoms with Crippen LogP contribution in [-0.2, 0) is 12.7 Å². The van der Waals surface area contributed by atoms with Gasteiger partial charge in [0.1, 0.15) is 5.82 Å². The Hall–Kier alpha value is -3.22. The number of rotatable bonds is 4. The van der Waals surface area contributed by atoms with Crippen LogP contribution in [0, 0.1) is 5.82 Å². The Morgan fingerprint density at radius 3 is 2.41 bits per heavy atom. The molecule has 1 heterocycles. The highest BCUT2D eigenvalue weighted by atomic mass is 19.4. The van der Waals surface area contributed by atoms with Gasteiger partial charge in [-0.15, -0.1) is 0 Å². The number of halogens is 4. The van der Waals surface area contributed by atoms with Crippen LogP contribution < -0.4 is 5.32 Å². The van der Waals surface area contributed by atoms with Gasteiger partial charge in [-0.25, -0.2) is 4.39 Å². The number of hydrogen-bond acceptors (Lipinski definition) is 2. The molecule has 0 saturated heterocycles. The maximum atomic E-state index is 13.2. The monoisotopic (exact) mass is 374 g/mol. The van der Waals surface area contributed by atoms with Crippen molar-refractivity contribution in [1.29, 1.82) is 0 Å². The van der Waals surface area contributed by atoms with Crippen molar-refractivity contribution in [3.63, 3.8) is 0 Å². The predicted molar refractivity (Wildman–Crippen MR) is 92.2 cm³/mol. The molecule has 0 fully saturated rings. The Morgan fingerprint density at radius 2 is 1.78 bits per heavy atom. The Balaban J connectivity index is 1.92. The van der Waals surface area contributed by atoms with E-state index in [-0.39, 0.29) is 12.1 Å². The fraction of sp³-hybridized carbons (Fsp3) is 0.100. The molecule has 0 saturated carbocycles. The maximum absolute atomic E-state index is 13.2. The minimum absolute atomic E-state index is 0.0125. The molecule has 0 atom stereocenters. The largest absolute Gasteiger partial charge is 0.416 e. The molecule has 0 aliphatic rings. The second-order valence-electron chi connectivity index (χ2n) is 5.80. The van der Waals surface area contributed by atoms with E-state index < -0.39 is 23.5 Å². The Labute approximate surface area is 152 Å². The number of carbonyl (C=O) groups is 1. The standard InChI is InChI=1S/C20H14F4N2O/c21-17-7-4-13(5-8-17)18-10-16(20(22,23)24)6-3-14(18)12-26-19(27)15-2-1-9-25-11-15/h1-11H,12H2,(H,26,27). The molecule has 1 amide bonds. The number of alkyl halides is 3. The van der Waals surface area contributed by atoms with Crippen LogP contribution in [0.2, 0.25) is 0 Å². The van der Waals surface area contributed by atoms with E-state index in [1.54, 1.807) is 12.1 Å². The molecule has 0 aliphatic carbocycles. The Morgan fingerprint density at radius 1 is 1.04 bits per heavy atom. The van der Waals surface area contributed by atoms with Crippen molar-refractivity contribution in [3.8, 4) is 11.1 Å². The fourth-order valence-corrected chi connectivity index (χ4v) is 2.58. The van der Waals surface area contributed by atoms with E-state index in [0.717, 1.165) is 12.1 Å². The maximum Gasteiger partial charge on any atom is 0.416 e. The Bertz CT molecular complexity index is 938. The normalized spacial score (nSPS) is 11.3. The van der Waals surface area contributed by atoms with Crippen LogP contribution >= 0.6 is 0 Å². The topological polar surface area (TPSA) is 42.0 Å². The van der Waals surface area contributed by atoms with Gasteiger partial charge in [0.15, 0.2) is 0 Å². The summed E-state index contributed by atoms with van der Waals surface area (Å²) in [5, 5.41) is 2.66. The summed E-state index contributed by atoms with van der Waals surface area (Å²) < 4.78 is 52.4. The van der Waals surface area contributed by atoms with E-state index >= 15 is 0 Å². The van der Waals surface area contributed by atoms with E-state index in [9.17, 15) is 22.4 Å². The smallest absolute Gasteiger partial charge is 0.348 e. The van der Waals surface area contributed by atoms with Gasteiger partial charge in [0.05, 0.1) is 11.1 Å². The third-order valence-corrected chi connectivity index (χ3v) is 3.96. The van der Waals surface area contributed by atoms with Crippen molar-refractivity contribution in [3.05, 3.63) is 89.5 Å². The molecule has 7 heteroatoms.